The topological polar surface area (TPSA) is 127 Å². The number of urea groups is 1. The van der Waals surface area contributed by atoms with Gasteiger partial charge < -0.3 is 29.8 Å². The molecule has 4 amide bonds. The highest BCUT2D eigenvalue weighted by atomic mass is 16.7. The van der Waals surface area contributed by atoms with Crippen molar-refractivity contribution in [3.63, 3.8) is 0 Å². The number of hydrogen-bond acceptors (Lipinski definition) is 8. The number of imide groups is 1. The number of piperidine rings is 1. The number of benzene rings is 2. The number of amides is 4. The molecule has 11 nitrogen and oxygen atoms in total. The van der Waals surface area contributed by atoms with Gasteiger partial charge in [-0.25, -0.2) is 9.59 Å². The normalized spacial score (nSPS) is 18.1. The zero-order valence-electron chi connectivity index (χ0n) is 19.8. The van der Waals surface area contributed by atoms with Crippen LogP contribution in [0, 0.1) is 5.92 Å². The van der Waals surface area contributed by atoms with Crippen LogP contribution in [0.25, 0.3) is 0 Å². The van der Waals surface area contributed by atoms with Crippen LogP contribution in [-0.2, 0) is 25.7 Å². The molecule has 2 aliphatic heterocycles. The van der Waals surface area contributed by atoms with Crippen molar-refractivity contribution in [3.8, 4) is 11.5 Å². The van der Waals surface area contributed by atoms with Crippen LogP contribution in [0.15, 0.2) is 54.6 Å². The van der Waals surface area contributed by atoms with Gasteiger partial charge >= 0.3 is 18.1 Å². The maximum absolute atomic E-state index is 12.6. The first-order chi connectivity index (χ1) is 17.4. The van der Waals surface area contributed by atoms with Gasteiger partial charge in [0.25, 0.3) is 5.91 Å². The van der Waals surface area contributed by atoms with Crippen molar-refractivity contribution in [1.29, 1.82) is 0 Å². The van der Waals surface area contributed by atoms with E-state index in [1.807, 2.05) is 54.6 Å². The minimum Gasteiger partial charge on any atom is -0.469 e. The Kier molecular flexibility index (Phi) is 8.01. The second-order valence-electron chi connectivity index (χ2n) is 8.47. The van der Waals surface area contributed by atoms with E-state index in [0.29, 0.717) is 30.2 Å². The molecule has 190 valence electrons. The van der Waals surface area contributed by atoms with Gasteiger partial charge in [-0.15, -0.1) is 0 Å². The van der Waals surface area contributed by atoms with Crippen molar-refractivity contribution in [1.82, 2.24) is 20.6 Å². The second-order valence-corrected chi connectivity index (χ2v) is 8.47. The van der Waals surface area contributed by atoms with Crippen LogP contribution >= 0.6 is 0 Å². The van der Waals surface area contributed by atoms with E-state index in [1.54, 1.807) is 0 Å². The van der Waals surface area contributed by atoms with Gasteiger partial charge in [-0.3, -0.25) is 9.59 Å². The number of para-hydroxylation sites is 1. The van der Waals surface area contributed by atoms with E-state index < -0.39 is 24.1 Å². The molecule has 0 radical (unpaired) electrons. The first kappa shape index (κ1) is 25.0. The predicted molar refractivity (Wildman–Crippen MR) is 127 cm³/mol. The fourth-order valence-corrected chi connectivity index (χ4v) is 4.00. The molecule has 11 heteroatoms. The van der Waals surface area contributed by atoms with E-state index in [-0.39, 0.29) is 31.5 Å². The van der Waals surface area contributed by atoms with Crippen LogP contribution in [0.1, 0.15) is 18.4 Å². The Morgan fingerprint density at radius 3 is 2.33 bits per heavy atom. The molecule has 0 aliphatic carbocycles. The summed E-state index contributed by atoms with van der Waals surface area (Å²) in [6.07, 6.45) is 0.0370. The third kappa shape index (κ3) is 6.11. The van der Waals surface area contributed by atoms with Gasteiger partial charge in [0, 0.05) is 26.2 Å². The minimum absolute atomic E-state index is 0.158. The molecule has 2 aromatic carbocycles. The van der Waals surface area contributed by atoms with E-state index in [0.717, 1.165) is 11.3 Å². The number of ether oxygens (including phenoxy) is 2. The lowest BCUT2D eigenvalue weighted by molar-refractivity contribution is -0.152. The van der Waals surface area contributed by atoms with Crippen molar-refractivity contribution < 1.29 is 33.5 Å². The van der Waals surface area contributed by atoms with Gasteiger partial charge in [-0.1, -0.05) is 35.4 Å². The van der Waals surface area contributed by atoms with Gasteiger partial charge in [0.2, 0.25) is 0 Å². The molecule has 2 heterocycles. The van der Waals surface area contributed by atoms with Crippen molar-refractivity contribution in [2.75, 3.05) is 26.7 Å². The minimum atomic E-state index is -0.865. The number of hydrogen-bond donors (Lipinski definition) is 2. The summed E-state index contributed by atoms with van der Waals surface area (Å²) in [5, 5.41) is 6.09. The number of esters is 1. The Morgan fingerprint density at radius 1 is 1.00 bits per heavy atom. The number of nitrogens with one attached hydrogen (secondary N) is 2. The SMILES string of the molecule is COC(=O)C1CCN(C(=O)ON2C(=O)NC(CNCc3ccc(Oc4ccccc4)cc3)C2=O)CC1. The largest absolute Gasteiger partial charge is 0.469 e. The zero-order chi connectivity index (χ0) is 25.5. The summed E-state index contributed by atoms with van der Waals surface area (Å²) in [5.74, 6) is 0.199. The zero-order valence-corrected chi connectivity index (χ0v) is 19.8. The average molecular weight is 497 g/mol. The highest BCUT2D eigenvalue weighted by Gasteiger charge is 2.42. The average Bonchev–Trinajstić information content (AvgIpc) is 3.17. The summed E-state index contributed by atoms with van der Waals surface area (Å²) in [4.78, 5) is 55.3. The summed E-state index contributed by atoms with van der Waals surface area (Å²) < 4.78 is 10.5. The van der Waals surface area contributed by atoms with Crippen LogP contribution in [0.3, 0.4) is 0 Å². The van der Waals surface area contributed by atoms with Crippen LogP contribution in [0.2, 0.25) is 0 Å². The third-order valence-electron chi connectivity index (χ3n) is 6.02. The van der Waals surface area contributed by atoms with Crippen molar-refractivity contribution in [2.45, 2.75) is 25.4 Å². The molecule has 2 aromatic rings. The Morgan fingerprint density at radius 2 is 1.67 bits per heavy atom. The summed E-state index contributed by atoms with van der Waals surface area (Å²) in [5.41, 5.74) is 0.964. The van der Waals surface area contributed by atoms with Gasteiger partial charge in [0.15, 0.2) is 0 Å². The summed E-state index contributed by atoms with van der Waals surface area (Å²) >= 11 is 0. The van der Waals surface area contributed by atoms with Gasteiger partial charge in [0.05, 0.1) is 13.0 Å². The highest BCUT2D eigenvalue weighted by molar-refractivity contribution is 6.04. The van der Waals surface area contributed by atoms with Gasteiger partial charge in [-0.2, -0.15) is 0 Å². The molecule has 2 N–H and O–H groups in total. The molecule has 1 atom stereocenters. The number of methoxy groups -OCH3 is 1. The van der Waals surface area contributed by atoms with Crippen LogP contribution in [0.4, 0.5) is 9.59 Å². The number of carbonyl (C=O) groups is 4. The molecule has 36 heavy (non-hydrogen) atoms. The summed E-state index contributed by atoms with van der Waals surface area (Å²) in [6, 6.07) is 15.3. The Bertz CT molecular complexity index is 1090. The van der Waals surface area contributed by atoms with Crippen molar-refractivity contribution >= 4 is 24.0 Å². The lowest BCUT2D eigenvalue weighted by Crippen LogP contribution is -2.45. The molecular weight excluding hydrogens is 468 g/mol. The molecule has 4 rings (SSSR count). The lowest BCUT2D eigenvalue weighted by atomic mass is 9.97. The van der Waals surface area contributed by atoms with Crippen molar-refractivity contribution in [3.05, 3.63) is 60.2 Å². The van der Waals surface area contributed by atoms with Crippen molar-refractivity contribution in [2.24, 2.45) is 5.92 Å². The summed E-state index contributed by atoms with van der Waals surface area (Å²) in [7, 11) is 1.32. The Labute approximate surface area is 208 Å². The molecule has 0 bridgehead atoms. The molecule has 0 spiro atoms. The quantitative estimate of drug-likeness (QED) is 0.422. The second kappa shape index (κ2) is 11.5. The fraction of sp³-hybridized carbons (Fsp3) is 0.360. The van der Waals surface area contributed by atoms with E-state index in [4.69, 9.17) is 14.3 Å². The number of hydroxylamine groups is 2. The molecule has 2 aliphatic rings. The standard InChI is InChI=1S/C25H28N4O7/c1-34-23(31)18-11-13-28(14-12-18)25(33)36-29-22(30)21(27-24(29)32)16-26-15-17-7-9-20(10-8-17)35-19-5-3-2-4-6-19/h2-10,18,21,26H,11-16H2,1H3,(H,27,32). The smallest absolute Gasteiger partial charge is 0.434 e. The monoisotopic (exact) mass is 496 g/mol. The molecule has 2 fully saturated rings. The van der Waals surface area contributed by atoms with Gasteiger partial charge in [0.1, 0.15) is 17.5 Å². The maximum atomic E-state index is 12.6. The van der Waals surface area contributed by atoms with Crippen LogP contribution in [-0.4, -0.2) is 66.7 Å². The first-order valence-electron chi connectivity index (χ1n) is 11.7. The van der Waals surface area contributed by atoms with Crippen LogP contribution in [0.5, 0.6) is 11.5 Å². The van der Waals surface area contributed by atoms with E-state index in [9.17, 15) is 19.2 Å². The lowest BCUT2D eigenvalue weighted by Gasteiger charge is -2.30. The fourth-order valence-electron chi connectivity index (χ4n) is 4.00. The Balaban J connectivity index is 1.21. The number of nitrogens with zero attached hydrogens (tertiary/aromatic N) is 2. The molecule has 2 saturated heterocycles. The predicted octanol–water partition coefficient (Wildman–Crippen LogP) is 2.43. The Hall–Kier alpha value is -4.12. The summed E-state index contributed by atoms with van der Waals surface area (Å²) in [6.45, 7) is 1.15. The molecule has 0 aromatic heterocycles. The van der Waals surface area contributed by atoms with E-state index >= 15 is 0 Å². The van der Waals surface area contributed by atoms with E-state index in [1.165, 1.54) is 12.0 Å². The van der Waals surface area contributed by atoms with Gasteiger partial charge in [-0.05, 0) is 42.7 Å². The highest BCUT2D eigenvalue weighted by Crippen LogP contribution is 2.22. The molecule has 1 unspecified atom stereocenters. The number of likely N-dealkylation sites (tertiary alicyclic amines) is 1. The molecule has 0 saturated carbocycles. The first-order valence-corrected chi connectivity index (χ1v) is 11.7. The third-order valence-corrected chi connectivity index (χ3v) is 6.02. The maximum Gasteiger partial charge on any atom is 0.434 e. The number of rotatable bonds is 8. The van der Waals surface area contributed by atoms with Crippen LogP contribution < -0.4 is 15.4 Å². The van der Waals surface area contributed by atoms with E-state index in [2.05, 4.69) is 10.6 Å². The number of carbonyl (C=O) groups excluding carboxylic acids is 4. The molecular formula is C25H28N4O7.